The summed E-state index contributed by atoms with van der Waals surface area (Å²) < 4.78 is 5.82. The van der Waals surface area contributed by atoms with E-state index in [1.807, 2.05) is 54.3 Å². The zero-order valence-electron chi connectivity index (χ0n) is 14.2. The molecule has 4 rings (SSSR count). The molecule has 0 bridgehead atoms. The number of morpholine rings is 1. The molecule has 1 N–H and O–H groups in total. The van der Waals surface area contributed by atoms with Crippen molar-refractivity contribution in [1.82, 2.24) is 15.1 Å². The van der Waals surface area contributed by atoms with E-state index >= 15 is 0 Å². The molecule has 128 valence electrons. The zero-order valence-corrected chi connectivity index (χ0v) is 14.2. The summed E-state index contributed by atoms with van der Waals surface area (Å²) in [6, 6.07) is 17.9. The first-order valence-electron chi connectivity index (χ1n) is 8.60. The van der Waals surface area contributed by atoms with Crippen LogP contribution in [0.5, 0.6) is 0 Å². The number of nitrogens with one attached hydrogen (secondary N) is 1. The van der Waals surface area contributed by atoms with Crippen molar-refractivity contribution in [3.8, 4) is 0 Å². The Morgan fingerprint density at radius 2 is 1.96 bits per heavy atom. The molecule has 2 aromatic carbocycles. The van der Waals surface area contributed by atoms with Crippen LogP contribution >= 0.6 is 0 Å². The molecule has 3 aromatic rings. The lowest BCUT2D eigenvalue weighted by Crippen LogP contribution is -2.47. The summed E-state index contributed by atoms with van der Waals surface area (Å²) in [5.41, 5.74) is 2.86. The fourth-order valence-electron chi connectivity index (χ4n) is 3.43. The van der Waals surface area contributed by atoms with Crippen LogP contribution in [0.1, 0.15) is 24.2 Å². The number of rotatable bonds is 3. The molecule has 1 aliphatic rings. The highest BCUT2D eigenvalue weighted by Gasteiger charge is 2.31. The van der Waals surface area contributed by atoms with Crippen LogP contribution in [0, 0.1) is 0 Å². The first-order chi connectivity index (χ1) is 12.2. The highest BCUT2D eigenvalue weighted by Crippen LogP contribution is 2.27. The zero-order chi connectivity index (χ0) is 17.2. The van der Waals surface area contributed by atoms with Crippen LogP contribution in [-0.4, -0.2) is 40.3 Å². The van der Waals surface area contributed by atoms with Gasteiger partial charge in [-0.05, 0) is 18.6 Å². The minimum Gasteiger partial charge on any atom is -0.374 e. The monoisotopic (exact) mass is 335 g/mol. The van der Waals surface area contributed by atoms with E-state index in [9.17, 15) is 4.79 Å². The van der Waals surface area contributed by atoms with E-state index < -0.39 is 0 Å². The van der Waals surface area contributed by atoms with Crippen molar-refractivity contribution < 1.29 is 9.53 Å². The predicted molar refractivity (Wildman–Crippen MR) is 96.1 cm³/mol. The number of benzene rings is 2. The van der Waals surface area contributed by atoms with Gasteiger partial charge in [0.25, 0.3) is 0 Å². The van der Waals surface area contributed by atoms with Gasteiger partial charge in [-0.1, -0.05) is 48.5 Å². The number of hydrogen-bond acceptors (Lipinski definition) is 3. The van der Waals surface area contributed by atoms with E-state index in [4.69, 9.17) is 4.74 Å². The molecule has 25 heavy (non-hydrogen) atoms. The highest BCUT2D eigenvalue weighted by molar-refractivity contribution is 5.87. The molecular formula is C20H21N3O2. The van der Waals surface area contributed by atoms with Gasteiger partial charge >= 0.3 is 0 Å². The number of carbonyl (C=O) groups excluding carboxylic acids is 1. The first kappa shape index (κ1) is 15.8. The number of H-pyrrole nitrogens is 1. The number of ether oxygens (including phenoxy) is 1. The summed E-state index contributed by atoms with van der Waals surface area (Å²) in [6.45, 7) is 3.14. The third-order valence-electron chi connectivity index (χ3n) is 4.74. The molecule has 1 amide bonds. The number of carbonyl (C=O) groups is 1. The van der Waals surface area contributed by atoms with Gasteiger partial charge in [-0.25, -0.2) is 0 Å². The molecule has 0 aliphatic carbocycles. The second kappa shape index (κ2) is 6.69. The Kier molecular flexibility index (Phi) is 4.24. The van der Waals surface area contributed by atoms with E-state index in [0.717, 1.165) is 22.2 Å². The fraction of sp³-hybridized carbons (Fsp3) is 0.300. The maximum absolute atomic E-state index is 13.1. The molecule has 0 spiro atoms. The van der Waals surface area contributed by atoms with Crippen molar-refractivity contribution in [3.05, 3.63) is 65.9 Å². The van der Waals surface area contributed by atoms with Crippen molar-refractivity contribution in [2.24, 2.45) is 0 Å². The number of amides is 1. The van der Waals surface area contributed by atoms with E-state index in [1.165, 1.54) is 0 Å². The third kappa shape index (κ3) is 3.15. The largest absolute Gasteiger partial charge is 0.374 e. The summed E-state index contributed by atoms with van der Waals surface area (Å²) in [5.74, 6) is 0.0957. The molecule has 1 aliphatic heterocycles. The van der Waals surface area contributed by atoms with Crippen LogP contribution < -0.4 is 0 Å². The summed E-state index contributed by atoms with van der Waals surface area (Å²) in [7, 11) is 0. The van der Waals surface area contributed by atoms with Crippen LogP contribution in [0.25, 0.3) is 10.9 Å². The number of para-hydroxylation sites is 1. The van der Waals surface area contributed by atoms with Gasteiger partial charge in [0.15, 0.2) is 0 Å². The Labute approximate surface area is 146 Å². The molecule has 1 aromatic heterocycles. The highest BCUT2D eigenvalue weighted by atomic mass is 16.5. The molecule has 2 atom stereocenters. The number of hydrogen-bond donors (Lipinski definition) is 1. The lowest BCUT2D eigenvalue weighted by Gasteiger charge is -2.39. The number of fused-ring (bicyclic) bond motifs is 1. The normalized spacial score (nSPS) is 20.8. The Balaban J connectivity index is 1.60. The van der Waals surface area contributed by atoms with E-state index in [0.29, 0.717) is 19.6 Å². The lowest BCUT2D eigenvalue weighted by atomic mass is 10.0. The van der Waals surface area contributed by atoms with Crippen molar-refractivity contribution in [3.63, 3.8) is 0 Å². The smallest absolute Gasteiger partial charge is 0.229 e. The Hall–Kier alpha value is -2.66. The number of nitrogens with zero attached hydrogens (tertiary/aromatic N) is 2. The SMILES string of the molecule is CC1CN(C(=O)Cc2[nH]nc3ccccc23)C(c2ccccc2)CO1. The summed E-state index contributed by atoms with van der Waals surface area (Å²) >= 11 is 0. The Bertz CT molecular complexity index is 875. The predicted octanol–water partition coefficient (Wildman–Crippen LogP) is 3.09. The average molecular weight is 335 g/mol. The van der Waals surface area contributed by atoms with Crippen LogP contribution in [0.15, 0.2) is 54.6 Å². The molecule has 1 saturated heterocycles. The summed E-state index contributed by atoms with van der Waals surface area (Å²) in [4.78, 5) is 15.0. The van der Waals surface area contributed by atoms with Crippen LogP contribution in [-0.2, 0) is 16.0 Å². The molecule has 5 heteroatoms. The Morgan fingerprint density at radius 1 is 1.20 bits per heavy atom. The minimum atomic E-state index is -0.0425. The Morgan fingerprint density at radius 3 is 2.80 bits per heavy atom. The number of aromatic nitrogens is 2. The van der Waals surface area contributed by atoms with Crippen LogP contribution in [0.3, 0.4) is 0 Å². The average Bonchev–Trinajstić information content (AvgIpc) is 3.05. The summed E-state index contributed by atoms with van der Waals surface area (Å²) in [6.07, 6.45) is 0.360. The topological polar surface area (TPSA) is 58.2 Å². The van der Waals surface area contributed by atoms with Gasteiger partial charge in [0.2, 0.25) is 5.91 Å². The maximum Gasteiger partial charge on any atom is 0.229 e. The van der Waals surface area contributed by atoms with Crippen molar-refractivity contribution in [1.29, 1.82) is 0 Å². The third-order valence-corrected chi connectivity index (χ3v) is 4.74. The standard InChI is InChI=1S/C20H21N3O2/c1-14-12-23(19(13-25-14)15-7-3-2-4-8-15)20(24)11-18-16-9-5-6-10-17(16)21-22-18/h2-10,14,19H,11-13H2,1H3,(H,21,22). The number of aromatic amines is 1. The van der Waals surface area contributed by atoms with Crippen molar-refractivity contribution in [2.75, 3.05) is 13.2 Å². The quantitative estimate of drug-likeness (QED) is 0.800. The molecule has 2 unspecified atom stereocenters. The fourth-order valence-corrected chi connectivity index (χ4v) is 3.43. The molecule has 1 fully saturated rings. The van der Waals surface area contributed by atoms with E-state index in [2.05, 4.69) is 22.3 Å². The molecule has 0 radical (unpaired) electrons. The van der Waals surface area contributed by atoms with E-state index in [1.54, 1.807) is 0 Å². The minimum absolute atomic E-state index is 0.0425. The van der Waals surface area contributed by atoms with Crippen molar-refractivity contribution >= 4 is 16.8 Å². The van der Waals surface area contributed by atoms with Gasteiger partial charge in [-0.15, -0.1) is 0 Å². The van der Waals surface area contributed by atoms with Crippen molar-refractivity contribution in [2.45, 2.75) is 25.5 Å². The first-order valence-corrected chi connectivity index (χ1v) is 8.60. The summed E-state index contributed by atoms with van der Waals surface area (Å²) in [5, 5.41) is 8.32. The van der Waals surface area contributed by atoms with Gasteiger partial charge in [-0.3, -0.25) is 9.89 Å². The van der Waals surface area contributed by atoms with Gasteiger partial charge < -0.3 is 9.64 Å². The van der Waals surface area contributed by atoms with Crippen LogP contribution in [0.4, 0.5) is 0 Å². The van der Waals surface area contributed by atoms with Crippen LogP contribution in [0.2, 0.25) is 0 Å². The second-order valence-electron chi connectivity index (χ2n) is 6.51. The molecule has 5 nitrogen and oxygen atoms in total. The molecular weight excluding hydrogens is 314 g/mol. The van der Waals surface area contributed by atoms with Gasteiger partial charge in [0, 0.05) is 11.9 Å². The van der Waals surface area contributed by atoms with Gasteiger partial charge in [0.1, 0.15) is 0 Å². The van der Waals surface area contributed by atoms with Gasteiger partial charge in [0.05, 0.1) is 36.4 Å². The van der Waals surface area contributed by atoms with E-state index in [-0.39, 0.29) is 18.1 Å². The molecule has 0 saturated carbocycles. The lowest BCUT2D eigenvalue weighted by molar-refractivity contribution is -0.144. The maximum atomic E-state index is 13.1. The van der Waals surface area contributed by atoms with Gasteiger partial charge in [-0.2, -0.15) is 5.10 Å². The second-order valence-corrected chi connectivity index (χ2v) is 6.51. The molecule has 2 heterocycles.